The highest BCUT2D eigenvalue weighted by molar-refractivity contribution is 5.27. The number of hydrogen-bond donors (Lipinski definition) is 0. The number of benzene rings is 1. The van der Waals surface area contributed by atoms with Crippen molar-refractivity contribution in [3.05, 3.63) is 47.0 Å². The molecule has 1 aliphatic heterocycles. The molecule has 0 radical (unpaired) electrons. The number of hydrogen-bond acceptors (Lipinski definition) is 2. The van der Waals surface area contributed by atoms with Gasteiger partial charge in [0.2, 0.25) is 0 Å². The van der Waals surface area contributed by atoms with Gasteiger partial charge in [-0.2, -0.15) is 18.3 Å². The summed E-state index contributed by atoms with van der Waals surface area (Å²) in [7, 11) is 0. The van der Waals surface area contributed by atoms with Crippen molar-refractivity contribution >= 4 is 0 Å². The van der Waals surface area contributed by atoms with Crippen LogP contribution in [0.3, 0.4) is 0 Å². The van der Waals surface area contributed by atoms with E-state index in [9.17, 15) is 13.2 Å². The summed E-state index contributed by atoms with van der Waals surface area (Å²) in [6.45, 7) is 3.01. The molecule has 0 amide bonds. The van der Waals surface area contributed by atoms with Crippen LogP contribution >= 0.6 is 0 Å². The molecular weight excluding hydrogens is 279 g/mol. The van der Waals surface area contributed by atoms with Gasteiger partial charge in [0.25, 0.3) is 0 Å². The maximum absolute atomic E-state index is 12.7. The van der Waals surface area contributed by atoms with Crippen LogP contribution in [0.1, 0.15) is 36.1 Å². The van der Waals surface area contributed by atoms with E-state index >= 15 is 0 Å². The van der Waals surface area contributed by atoms with Crippen LogP contribution in [0.15, 0.2) is 24.3 Å². The molecule has 1 aromatic carbocycles. The van der Waals surface area contributed by atoms with E-state index in [4.69, 9.17) is 0 Å². The predicted octanol–water partition coefficient (Wildman–Crippen LogP) is 3.47. The first-order chi connectivity index (χ1) is 9.91. The molecule has 2 aromatic rings. The molecule has 21 heavy (non-hydrogen) atoms. The Balaban J connectivity index is 1.81. The van der Waals surface area contributed by atoms with Gasteiger partial charge in [-0.1, -0.05) is 25.1 Å². The number of aryl methyl sites for hydroxylation is 1. The Bertz CT molecular complexity index is 646. The van der Waals surface area contributed by atoms with Gasteiger partial charge in [0.15, 0.2) is 5.82 Å². The zero-order valence-electron chi connectivity index (χ0n) is 11.7. The summed E-state index contributed by atoms with van der Waals surface area (Å²) in [5.41, 5.74) is -0.0431. The Morgan fingerprint density at radius 1 is 1.33 bits per heavy atom. The van der Waals surface area contributed by atoms with Crippen molar-refractivity contribution in [2.75, 3.05) is 0 Å². The monoisotopic (exact) mass is 295 g/mol. The summed E-state index contributed by atoms with van der Waals surface area (Å²) in [6, 6.07) is 5.35. The smallest absolute Gasteiger partial charge is 0.250 e. The van der Waals surface area contributed by atoms with E-state index in [1.165, 1.54) is 12.1 Å². The Morgan fingerprint density at radius 2 is 2.14 bits per heavy atom. The minimum atomic E-state index is -4.31. The number of nitrogens with zero attached hydrogens (tertiary/aromatic N) is 3. The molecule has 0 saturated carbocycles. The Hall–Kier alpha value is -1.85. The quantitative estimate of drug-likeness (QED) is 0.849. The number of alkyl halides is 3. The maximum atomic E-state index is 12.7. The summed E-state index contributed by atoms with van der Waals surface area (Å²) in [6.07, 6.45) is -2.03. The summed E-state index contributed by atoms with van der Waals surface area (Å²) in [5, 5.41) is 4.40. The second-order valence-corrected chi connectivity index (χ2v) is 5.64. The lowest BCUT2D eigenvalue weighted by molar-refractivity contribution is -0.137. The molecule has 0 bridgehead atoms. The molecule has 0 aliphatic carbocycles. The molecule has 1 aliphatic rings. The third kappa shape index (κ3) is 3.09. The van der Waals surface area contributed by atoms with Gasteiger partial charge >= 0.3 is 6.18 Å². The van der Waals surface area contributed by atoms with Crippen LogP contribution in [0.4, 0.5) is 13.2 Å². The fourth-order valence-corrected chi connectivity index (χ4v) is 2.63. The first-order valence-corrected chi connectivity index (χ1v) is 7.00. The van der Waals surface area contributed by atoms with Gasteiger partial charge in [0, 0.05) is 19.4 Å². The third-order valence-electron chi connectivity index (χ3n) is 3.77. The normalized spacial score (nSPS) is 18.6. The van der Waals surface area contributed by atoms with Crippen molar-refractivity contribution in [1.29, 1.82) is 0 Å². The minimum absolute atomic E-state index is 0.332. The summed E-state index contributed by atoms with van der Waals surface area (Å²) in [4.78, 5) is 4.46. The Morgan fingerprint density at radius 3 is 2.90 bits per heavy atom. The van der Waals surface area contributed by atoms with Crippen molar-refractivity contribution in [2.24, 2.45) is 5.92 Å². The molecule has 0 fully saturated rings. The second kappa shape index (κ2) is 5.16. The van der Waals surface area contributed by atoms with Gasteiger partial charge < -0.3 is 0 Å². The number of rotatable bonds is 2. The van der Waals surface area contributed by atoms with Crippen LogP contribution in [-0.4, -0.2) is 14.8 Å². The molecule has 1 aromatic heterocycles. The predicted molar refractivity (Wildman–Crippen MR) is 71.8 cm³/mol. The van der Waals surface area contributed by atoms with Crippen LogP contribution < -0.4 is 0 Å². The number of aromatic nitrogens is 3. The molecule has 1 unspecified atom stereocenters. The van der Waals surface area contributed by atoms with Gasteiger partial charge in [0.1, 0.15) is 5.82 Å². The van der Waals surface area contributed by atoms with Crippen LogP contribution in [-0.2, 0) is 25.6 Å². The average molecular weight is 295 g/mol. The maximum Gasteiger partial charge on any atom is 0.416 e. The van der Waals surface area contributed by atoms with Crippen molar-refractivity contribution in [3.63, 3.8) is 0 Å². The van der Waals surface area contributed by atoms with Crippen molar-refractivity contribution < 1.29 is 13.2 Å². The Kier molecular flexibility index (Phi) is 3.47. The summed E-state index contributed by atoms with van der Waals surface area (Å²) < 4.78 is 40.0. The van der Waals surface area contributed by atoms with E-state index in [0.29, 0.717) is 23.7 Å². The van der Waals surface area contributed by atoms with Crippen molar-refractivity contribution in [1.82, 2.24) is 14.8 Å². The molecule has 0 saturated heterocycles. The Labute approximate surface area is 120 Å². The molecule has 0 N–H and O–H groups in total. The molecule has 3 nitrogen and oxygen atoms in total. The molecular formula is C15H16F3N3. The van der Waals surface area contributed by atoms with Crippen molar-refractivity contribution in [2.45, 2.75) is 38.9 Å². The van der Waals surface area contributed by atoms with E-state index in [1.807, 2.05) is 4.68 Å². The molecule has 3 rings (SSSR count). The molecule has 1 atom stereocenters. The zero-order chi connectivity index (χ0) is 15.0. The van der Waals surface area contributed by atoms with Gasteiger partial charge in [-0.05, 0) is 24.0 Å². The molecule has 112 valence electrons. The summed E-state index contributed by atoms with van der Waals surface area (Å²) >= 11 is 0. The lowest BCUT2D eigenvalue weighted by Gasteiger charge is -2.17. The van der Waals surface area contributed by atoms with E-state index in [-0.39, 0.29) is 0 Å². The van der Waals surface area contributed by atoms with Gasteiger partial charge in [0.05, 0.1) is 5.56 Å². The standard InChI is InChI=1S/C15H16F3N3/c1-10-5-6-21-14(7-10)19-13(20-21)9-11-3-2-4-12(8-11)15(16,17)18/h2-4,8,10H,5-7,9H2,1H3. The second-order valence-electron chi connectivity index (χ2n) is 5.64. The highest BCUT2D eigenvalue weighted by Gasteiger charge is 2.30. The van der Waals surface area contributed by atoms with Gasteiger partial charge in [-0.3, -0.25) is 0 Å². The first-order valence-electron chi connectivity index (χ1n) is 7.00. The highest BCUT2D eigenvalue weighted by atomic mass is 19.4. The fraction of sp³-hybridized carbons (Fsp3) is 0.467. The number of halogens is 3. The average Bonchev–Trinajstić information content (AvgIpc) is 2.79. The third-order valence-corrected chi connectivity index (χ3v) is 3.77. The highest BCUT2D eigenvalue weighted by Crippen LogP contribution is 2.30. The molecule has 2 heterocycles. The molecule has 0 spiro atoms. The lowest BCUT2D eigenvalue weighted by Crippen LogP contribution is -2.18. The van der Waals surface area contributed by atoms with Crippen molar-refractivity contribution in [3.8, 4) is 0 Å². The lowest BCUT2D eigenvalue weighted by atomic mass is 10.0. The van der Waals surface area contributed by atoms with Gasteiger partial charge in [-0.25, -0.2) is 9.67 Å². The van der Waals surface area contributed by atoms with Crippen LogP contribution in [0.25, 0.3) is 0 Å². The van der Waals surface area contributed by atoms with E-state index < -0.39 is 11.7 Å². The summed E-state index contributed by atoms with van der Waals surface area (Å²) in [5.74, 6) is 2.12. The largest absolute Gasteiger partial charge is 0.416 e. The van der Waals surface area contributed by atoms with E-state index in [2.05, 4.69) is 17.0 Å². The van der Waals surface area contributed by atoms with Crippen LogP contribution in [0.5, 0.6) is 0 Å². The topological polar surface area (TPSA) is 30.7 Å². The number of fused-ring (bicyclic) bond motifs is 1. The molecule has 6 heteroatoms. The van der Waals surface area contributed by atoms with Gasteiger partial charge in [-0.15, -0.1) is 0 Å². The van der Waals surface area contributed by atoms with Crippen LogP contribution in [0.2, 0.25) is 0 Å². The van der Waals surface area contributed by atoms with Crippen LogP contribution in [0, 0.1) is 5.92 Å². The zero-order valence-corrected chi connectivity index (χ0v) is 11.7. The minimum Gasteiger partial charge on any atom is -0.250 e. The fourth-order valence-electron chi connectivity index (χ4n) is 2.63. The van der Waals surface area contributed by atoms with E-state index in [1.54, 1.807) is 6.07 Å². The van der Waals surface area contributed by atoms with E-state index in [0.717, 1.165) is 31.3 Å². The first kappa shape index (κ1) is 14.1. The SMILES string of the molecule is CC1CCn2nc(Cc3cccc(C(F)(F)F)c3)nc2C1.